The van der Waals surface area contributed by atoms with E-state index < -0.39 is 0 Å². The van der Waals surface area contributed by atoms with E-state index in [-0.39, 0.29) is 5.82 Å². The van der Waals surface area contributed by atoms with Gasteiger partial charge in [-0.1, -0.05) is 75.9 Å². The van der Waals surface area contributed by atoms with Crippen molar-refractivity contribution in [1.29, 1.82) is 0 Å². The van der Waals surface area contributed by atoms with Gasteiger partial charge >= 0.3 is 0 Å². The van der Waals surface area contributed by atoms with Crippen molar-refractivity contribution in [3.8, 4) is 11.1 Å². The van der Waals surface area contributed by atoms with Gasteiger partial charge < -0.3 is 0 Å². The molecule has 0 aromatic heterocycles. The molecule has 0 radical (unpaired) electrons. The summed E-state index contributed by atoms with van der Waals surface area (Å²) < 4.78 is 15.0. The molecule has 1 heteroatoms. The first-order valence-corrected chi connectivity index (χ1v) is 12.0. The zero-order chi connectivity index (χ0) is 20.2. The van der Waals surface area contributed by atoms with Gasteiger partial charge in [-0.3, -0.25) is 0 Å². The summed E-state index contributed by atoms with van der Waals surface area (Å²) in [6.07, 6.45) is 13.0. The van der Waals surface area contributed by atoms with E-state index in [1.807, 2.05) is 12.1 Å². The van der Waals surface area contributed by atoms with Crippen LogP contribution in [0, 0.1) is 17.7 Å². The van der Waals surface area contributed by atoms with E-state index in [0.717, 1.165) is 23.0 Å². The van der Waals surface area contributed by atoms with Crippen LogP contribution in [0.25, 0.3) is 11.1 Å². The highest BCUT2D eigenvalue weighted by molar-refractivity contribution is 5.65. The highest BCUT2D eigenvalue weighted by Gasteiger charge is 2.23. The summed E-state index contributed by atoms with van der Waals surface area (Å²) in [7, 11) is 0. The average molecular weight is 393 g/mol. The Labute approximate surface area is 176 Å². The van der Waals surface area contributed by atoms with Crippen LogP contribution >= 0.6 is 0 Å². The third kappa shape index (κ3) is 4.93. The summed E-state index contributed by atoms with van der Waals surface area (Å²) >= 11 is 0. The lowest BCUT2D eigenvalue weighted by molar-refractivity contribution is 0.308. The van der Waals surface area contributed by atoms with Gasteiger partial charge in [-0.05, 0) is 85.0 Å². The third-order valence-corrected chi connectivity index (χ3v) is 7.72. The first kappa shape index (κ1) is 20.6. The Morgan fingerprint density at radius 1 is 0.759 bits per heavy atom. The van der Waals surface area contributed by atoms with Crippen LogP contribution in [0.15, 0.2) is 42.5 Å². The van der Waals surface area contributed by atoms with Gasteiger partial charge in [0, 0.05) is 5.56 Å². The lowest BCUT2D eigenvalue weighted by Crippen LogP contribution is -2.13. The molecule has 0 unspecified atom stereocenters. The minimum Gasteiger partial charge on any atom is -0.206 e. The number of hydrogen-bond donors (Lipinski definition) is 0. The molecule has 0 saturated heterocycles. The van der Waals surface area contributed by atoms with Crippen molar-refractivity contribution < 1.29 is 4.39 Å². The van der Waals surface area contributed by atoms with E-state index in [1.165, 1.54) is 75.3 Å². The highest BCUT2D eigenvalue weighted by atomic mass is 19.1. The summed E-state index contributed by atoms with van der Waals surface area (Å²) in [5.74, 6) is 2.95. The maximum atomic E-state index is 15.0. The first-order valence-electron chi connectivity index (χ1n) is 12.0. The molecule has 2 saturated carbocycles. The van der Waals surface area contributed by atoms with Gasteiger partial charge in [0.25, 0.3) is 0 Å². The van der Waals surface area contributed by atoms with Crippen LogP contribution in [0.1, 0.15) is 101 Å². The summed E-state index contributed by atoms with van der Waals surface area (Å²) in [6.45, 7) is 4.64. The maximum absolute atomic E-state index is 15.0. The maximum Gasteiger partial charge on any atom is 0.131 e. The van der Waals surface area contributed by atoms with Crippen molar-refractivity contribution >= 4 is 0 Å². The van der Waals surface area contributed by atoms with E-state index in [2.05, 4.69) is 44.2 Å². The molecule has 4 rings (SSSR count). The van der Waals surface area contributed by atoms with Gasteiger partial charge in [-0.25, -0.2) is 4.39 Å². The molecule has 156 valence electrons. The van der Waals surface area contributed by atoms with Crippen molar-refractivity contribution in [3.63, 3.8) is 0 Å². The highest BCUT2D eigenvalue weighted by Crippen LogP contribution is 2.39. The molecule has 0 N–H and O–H groups in total. The number of hydrogen-bond acceptors (Lipinski definition) is 0. The second-order valence-corrected chi connectivity index (χ2v) is 9.82. The third-order valence-electron chi connectivity index (χ3n) is 7.72. The molecule has 0 atom stereocenters. The molecule has 0 amide bonds. The zero-order valence-corrected chi connectivity index (χ0v) is 18.3. The van der Waals surface area contributed by atoms with E-state index in [1.54, 1.807) is 0 Å². The summed E-state index contributed by atoms with van der Waals surface area (Å²) in [5, 5.41) is 0. The number of benzene rings is 2. The van der Waals surface area contributed by atoms with Gasteiger partial charge in [0.05, 0.1) is 0 Å². The smallest absolute Gasteiger partial charge is 0.131 e. The van der Waals surface area contributed by atoms with Crippen molar-refractivity contribution in [2.24, 2.45) is 11.8 Å². The van der Waals surface area contributed by atoms with Crippen LogP contribution in [0.3, 0.4) is 0 Å². The predicted molar refractivity (Wildman–Crippen MR) is 122 cm³/mol. The molecule has 2 fully saturated rings. The van der Waals surface area contributed by atoms with Crippen LogP contribution in [0.2, 0.25) is 0 Å². The van der Waals surface area contributed by atoms with Crippen LogP contribution in [0.5, 0.6) is 0 Å². The molecule has 0 bridgehead atoms. The largest absolute Gasteiger partial charge is 0.206 e. The van der Waals surface area contributed by atoms with Crippen molar-refractivity contribution in [2.75, 3.05) is 0 Å². The van der Waals surface area contributed by atoms with Gasteiger partial charge in [0.15, 0.2) is 0 Å². The lowest BCUT2D eigenvalue weighted by atomic mass is 9.77. The van der Waals surface area contributed by atoms with Gasteiger partial charge in [-0.15, -0.1) is 0 Å². The van der Waals surface area contributed by atoms with Crippen molar-refractivity contribution in [2.45, 2.75) is 89.9 Å². The van der Waals surface area contributed by atoms with E-state index in [4.69, 9.17) is 0 Å². The monoisotopic (exact) mass is 392 g/mol. The quantitative estimate of drug-likeness (QED) is 0.476. The van der Waals surface area contributed by atoms with E-state index in [9.17, 15) is 4.39 Å². The topological polar surface area (TPSA) is 0 Å². The molecule has 0 heterocycles. The minimum atomic E-state index is -0.0579. The summed E-state index contributed by atoms with van der Waals surface area (Å²) in [4.78, 5) is 0. The molecule has 0 aliphatic heterocycles. The number of halogens is 1. The van der Waals surface area contributed by atoms with Crippen LogP contribution in [-0.4, -0.2) is 0 Å². The van der Waals surface area contributed by atoms with Gasteiger partial charge in [0.2, 0.25) is 0 Å². The van der Waals surface area contributed by atoms with Crippen LogP contribution < -0.4 is 0 Å². The van der Waals surface area contributed by atoms with E-state index in [0.29, 0.717) is 11.8 Å². The zero-order valence-electron chi connectivity index (χ0n) is 18.3. The molecule has 2 aromatic carbocycles. The molecular formula is C28H37F. The van der Waals surface area contributed by atoms with Crippen molar-refractivity contribution in [1.82, 2.24) is 0 Å². The minimum absolute atomic E-state index is 0.0579. The molecule has 29 heavy (non-hydrogen) atoms. The second kappa shape index (κ2) is 9.45. The number of rotatable bonds is 5. The second-order valence-electron chi connectivity index (χ2n) is 9.82. The Hall–Kier alpha value is -1.63. The normalized spacial score (nSPS) is 27.7. The fourth-order valence-electron chi connectivity index (χ4n) is 5.74. The molecule has 2 aliphatic rings. The van der Waals surface area contributed by atoms with Gasteiger partial charge in [0.1, 0.15) is 5.82 Å². The summed E-state index contributed by atoms with van der Waals surface area (Å²) in [5.41, 5.74) is 4.39. The molecule has 2 aromatic rings. The standard InChI is InChI=1S/C28H37F/c1-3-4-21-7-11-24(12-8-21)26-17-18-27(28(29)19-26)25-15-13-23(14-16-25)22-9-5-20(2)6-10-22/h13-22,24H,3-12H2,1-2H3. The van der Waals surface area contributed by atoms with Gasteiger partial charge in [-0.2, -0.15) is 0 Å². The van der Waals surface area contributed by atoms with Crippen molar-refractivity contribution in [3.05, 3.63) is 59.4 Å². The lowest BCUT2D eigenvalue weighted by Gasteiger charge is -2.28. The predicted octanol–water partition coefficient (Wildman–Crippen LogP) is 8.86. The Kier molecular flexibility index (Phi) is 6.73. The average Bonchev–Trinajstić information content (AvgIpc) is 2.75. The fraction of sp³-hybridized carbons (Fsp3) is 0.571. The first-order chi connectivity index (χ1) is 14.1. The molecule has 0 nitrogen and oxygen atoms in total. The SMILES string of the molecule is CCCC1CCC(c2ccc(-c3ccc(C4CCC(C)CC4)cc3)c(F)c2)CC1. The Morgan fingerprint density at radius 3 is 1.97 bits per heavy atom. The Morgan fingerprint density at radius 2 is 1.34 bits per heavy atom. The molecular weight excluding hydrogens is 355 g/mol. The Bertz CT molecular complexity index is 774. The van der Waals surface area contributed by atoms with Crippen LogP contribution in [-0.2, 0) is 0 Å². The van der Waals surface area contributed by atoms with E-state index >= 15 is 0 Å². The summed E-state index contributed by atoms with van der Waals surface area (Å²) in [6, 6.07) is 14.7. The molecule has 0 spiro atoms. The van der Waals surface area contributed by atoms with Crippen LogP contribution in [0.4, 0.5) is 4.39 Å². The fourth-order valence-corrected chi connectivity index (χ4v) is 5.74. The molecule has 2 aliphatic carbocycles. The Balaban J connectivity index is 1.43.